The summed E-state index contributed by atoms with van der Waals surface area (Å²) in [6.07, 6.45) is 8.27. The van der Waals surface area contributed by atoms with Crippen molar-refractivity contribution in [2.75, 3.05) is 37.6 Å². The van der Waals surface area contributed by atoms with Crippen molar-refractivity contribution < 1.29 is 4.65 Å². The predicted molar refractivity (Wildman–Crippen MR) is 78.7 cm³/mol. The maximum atomic E-state index is 13.2. The van der Waals surface area contributed by atoms with Crippen molar-refractivity contribution in [3.05, 3.63) is 29.4 Å². The van der Waals surface area contributed by atoms with Crippen LogP contribution in [0.2, 0.25) is 0 Å². The Morgan fingerprint density at radius 2 is 2.45 bits per heavy atom. The van der Waals surface area contributed by atoms with Crippen molar-refractivity contribution in [2.45, 2.75) is 19.5 Å². The van der Waals surface area contributed by atoms with Crippen LogP contribution in [0, 0.1) is 5.21 Å². The standard InChI is InChI=1S/C14H21N5O/c1-2-7-19(20)8-5-15-10-13(19)18-6-3-4-12-9-16-11-17-14(12)18/h3-4,9,11,13,15H,2,5-8,10H2,1H3. The first kappa shape index (κ1) is 13.5. The fraction of sp³-hybridized carbons (Fsp3) is 0.571. The zero-order valence-corrected chi connectivity index (χ0v) is 11.8. The lowest BCUT2D eigenvalue weighted by atomic mass is 10.1. The van der Waals surface area contributed by atoms with Crippen LogP contribution in [-0.4, -0.2) is 53.5 Å². The number of anilines is 1. The molecule has 0 saturated carbocycles. The summed E-state index contributed by atoms with van der Waals surface area (Å²) in [7, 11) is 0. The van der Waals surface area contributed by atoms with Gasteiger partial charge in [0.25, 0.3) is 0 Å². The third kappa shape index (κ3) is 2.30. The van der Waals surface area contributed by atoms with Gasteiger partial charge in [0, 0.05) is 24.8 Å². The lowest BCUT2D eigenvalue weighted by Gasteiger charge is -2.55. The second-order valence-corrected chi connectivity index (χ2v) is 5.44. The maximum absolute atomic E-state index is 13.2. The predicted octanol–water partition coefficient (Wildman–Crippen LogP) is 0.964. The molecule has 0 aromatic carbocycles. The molecular weight excluding hydrogens is 254 g/mol. The van der Waals surface area contributed by atoms with Gasteiger partial charge in [-0.1, -0.05) is 19.1 Å². The van der Waals surface area contributed by atoms with Crippen molar-refractivity contribution in [1.82, 2.24) is 15.3 Å². The molecule has 6 heteroatoms. The number of hydrogen-bond donors (Lipinski definition) is 1. The van der Waals surface area contributed by atoms with Gasteiger partial charge in [0.1, 0.15) is 12.1 Å². The highest BCUT2D eigenvalue weighted by atomic mass is 16.6. The number of hydroxylamine groups is 3. The number of quaternary nitrogens is 1. The van der Waals surface area contributed by atoms with Crippen LogP contribution in [0.25, 0.3) is 6.08 Å². The van der Waals surface area contributed by atoms with E-state index in [1.807, 2.05) is 6.08 Å². The maximum Gasteiger partial charge on any atom is 0.178 e. The van der Waals surface area contributed by atoms with Gasteiger partial charge in [-0.3, -0.25) is 0 Å². The van der Waals surface area contributed by atoms with Gasteiger partial charge in [0.2, 0.25) is 0 Å². The Balaban J connectivity index is 1.93. The number of rotatable bonds is 3. The minimum atomic E-state index is -0.152. The highest BCUT2D eigenvalue weighted by molar-refractivity contribution is 5.67. The third-order valence-corrected chi connectivity index (χ3v) is 4.09. The molecule has 0 aliphatic carbocycles. The molecule has 3 rings (SSSR count). The molecule has 2 aliphatic rings. The first-order chi connectivity index (χ1) is 9.74. The number of fused-ring (bicyclic) bond motifs is 1. The van der Waals surface area contributed by atoms with Crippen molar-refractivity contribution in [1.29, 1.82) is 0 Å². The number of nitrogens with zero attached hydrogens (tertiary/aromatic N) is 4. The Morgan fingerprint density at radius 3 is 3.30 bits per heavy atom. The van der Waals surface area contributed by atoms with Gasteiger partial charge in [-0.25, -0.2) is 9.97 Å². The summed E-state index contributed by atoms with van der Waals surface area (Å²) in [5, 5.41) is 16.5. The highest BCUT2D eigenvalue weighted by Gasteiger charge is 2.37. The fourth-order valence-electron chi connectivity index (χ4n) is 3.15. The molecule has 1 N–H and O–H groups in total. The van der Waals surface area contributed by atoms with Gasteiger partial charge in [0.05, 0.1) is 19.6 Å². The molecule has 0 radical (unpaired) electrons. The van der Waals surface area contributed by atoms with Crippen LogP contribution in [0.15, 0.2) is 18.6 Å². The molecule has 108 valence electrons. The van der Waals surface area contributed by atoms with E-state index >= 15 is 0 Å². The van der Waals surface area contributed by atoms with Crippen LogP contribution < -0.4 is 10.2 Å². The Morgan fingerprint density at radius 1 is 1.55 bits per heavy atom. The average molecular weight is 275 g/mol. The number of piperazine rings is 1. The van der Waals surface area contributed by atoms with Gasteiger partial charge in [-0.15, -0.1) is 0 Å². The minimum Gasteiger partial charge on any atom is -0.631 e. The monoisotopic (exact) mass is 275 g/mol. The summed E-state index contributed by atoms with van der Waals surface area (Å²) in [5.41, 5.74) is 0.993. The van der Waals surface area contributed by atoms with E-state index in [-0.39, 0.29) is 10.8 Å². The highest BCUT2D eigenvalue weighted by Crippen LogP contribution is 2.28. The largest absolute Gasteiger partial charge is 0.631 e. The number of hydrogen-bond acceptors (Lipinski definition) is 5. The topological polar surface area (TPSA) is 64.1 Å². The van der Waals surface area contributed by atoms with Crippen molar-refractivity contribution in [3.8, 4) is 0 Å². The summed E-state index contributed by atoms with van der Waals surface area (Å²) < 4.78 is -0.152. The molecule has 1 saturated heterocycles. The van der Waals surface area contributed by atoms with Crippen molar-refractivity contribution in [3.63, 3.8) is 0 Å². The van der Waals surface area contributed by atoms with Crippen LogP contribution in [0.3, 0.4) is 0 Å². The van der Waals surface area contributed by atoms with E-state index < -0.39 is 0 Å². The molecule has 0 spiro atoms. The number of nitrogens with one attached hydrogen (secondary N) is 1. The van der Waals surface area contributed by atoms with Crippen molar-refractivity contribution in [2.24, 2.45) is 0 Å². The van der Waals surface area contributed by atoms with Crippen LogP contribution in [0.1, 0.15) is 18.9 Å². The molecule has 3 heterocycles. The lowest BCUT2D eigenvalue weighted by Crippen LogP contribution is -2.68. The average Bonchev–Trinajstić information content (AvgIpc) is 2.47. The first-order valence-corrected chi connectivity index (χ1v) is 7.26. The third-order valence-electron chi connectivity index (χ3n) is 4.09. The Labute approximate surface area is 119 Å². The molecule has 2 atom stereocenters. The molecule has 20 heavy (non-hydrogen) atoms. The van der Waals surface area contributed by atoms with Crippen LogP contribution in [0.5, 0.6) is 0 Å². The van der Waals surface area contributed by atoms with Gasteiger partial charge in [-0.05, 0) is 6.42 Å². The molecule has 6 nitrogen and oxygen atoms in total. The van der Waals surface area contributed by atoms with Gasteiger partial charge in [0.15, 0.2) is 6.17 Å². The molecule has 0 bridgehead atoms. The smallest absolute Gasteiger partial charge is 0.178 e. The second kappa shape index (κ2) is 5.47. The molecule has 2 aliphatic heterocycles. The van der Waals surface area contributed by atoms with Gasteiger partial charge >= 0.3 is 0 Å². The summed E-state index contributed by atoms with van der Waals surface area (Å²) in [6.45, 7) is 5.60. The van der Waals surface area contributed by atoms with E-state index in [2.05, 4.69) is 33.2 Å². The molecule has 1 aromatic heterocycles. The van der Waals surface area contributed by atoms with E-state index in [9.17, 15) is 5.21 Å². The summed E-state index contributed by atoms with van der Waals surface area (Å²) in [4.78, 5) is 10.6. The molecule has 0 amide bonds. The summed E-state index contributed by atoms with van der Waals surface area (Å²) in [6, 6.07) is 0. The van der Waals surface area contributed by atoms with Crippen molar-refractivity contribution >= 4 is 11.9 Å². The van der Waals surface area contributed by atoms with Gasteiger partial charge in [-0.2, -0.15) is 0 Å². The molecule has 1 fully saturated rings. The van der Waals surface area contributed by atoms with E-state index in [0.29, 0.717) is 19.6 Å². The first-order valence-electron chi connectivity index (χ1n) is 7.26. The summed E-state index contributed by atoms with van der Waals surface area (Å²) in [5.74, 6) is 0.880. The molecule has 1 aromatic rings. The normalized spacial score (nSPS) is 29.3. The second-order valence-electron chi connectivity index (χ2n) is 5.44. The van der Waals surface area contributed by atoms with E-state index in [1.165, 1.54) is 0 Å². The van der Waals surface area contributed by atoms with E-state index in [0.717, 1.165) is 30.9 Å². The quantitative estimate of drug-likeness (QED) is 0.657. The van der Waals surface area contributed by atoms with Crippen LogP contribution in [0.4, 0.5) is 5.82 Å². The molecular formula is C14H21N5O. The van der Waals surface area contributed by atoms with E-state index in [4.69, 9.17) is 0 Å². The summed E-state index contributed by atoms with van der Waals surface area (Å²) >= 11 is 0. The zero-order valence-electron chi connectivity index (χ0n) is 11.8. The Hall–Kier alpha value is -1.50. The molecule has 2 unspecified atom stereocenters. The van der Waals surface area contributed by atoms with Gasteiger partial charge < -0.3 is 20.1 Å². The Kier molecular flexibility index (Phi) is 3.69. The minimum absolute atomic E-state index is 0.109. The SMILES string of the molecule is CCC[N+]1([O-])CCNCC1N1CC=Cc2cncnc21. The van der Waals surface area contributed by atoms with Crippen LogP contribution >= 0.6 is 0 Å². The fourth-order valence-corrected chi connectivity index (χ4v) is 3.15. The number of aromatic nitrogens is 2. The zero-order chi connectivity index (χ0) is 14.0. The Bertz CT molecular complexity index is 502. The van der Waals surface area contributed by atoms with Crippen LogP contribution in [-0.2, 0) is 0 Å². The van der Waals surface area contributed by atoms with E-state index in [1.54, 1.807) is 12.5 Å². The lowest BCUT2D eigenvalue weighted by molar-refractivity contribution is -0.906.